The Morgan fingerprint density at radius 2 is 2.06 bits per heavy atom. The Morgan fingerprint density at radius 1 is 1.39 bits per heavy atom. The largest absolute Gasteiger partial charge is 0.374 e. The summed E-state index contributed by atoms with van der Waals surface area (Å²) in [4.78, 5) is 13.7. The lowest BCUT2D eigenvalue weighted by Crippen LogP contribution is -2.24. The summed E-state index contributed by atoms with van der Waals surface area (Å²) in [6.45, 7) is 2.72. The zero-order valence-electron chi connectivity index (χ0n) is 11.1. The van der Waals surface area contributed by atoms with Crippen molar-refractivity contribution in [3.63, 3.8) is 0 Å². The number of carbonyl (C=O) groups excluding carboxylic acids is 1. The summed E-state index contributed by atoms with van der Waals surface area (Å²) >= 11 is 3.48. The Labute approximate surface area is 117 Å². The van der Waals surface area contributed by atoms with Gasteiger partial charge in [0.2, 0.25) is 0 Å². The smallest absolute Gasteiger partial charge is 0.160 e. The van der Waals surface area contributed by atoms with Crippen LogP contribution >= 0.6 is 15.9 Å². The Balaban J connectivity index is 2.08. The minimum atomic E-state index is 0.104. The van der Waals surface area contributed by atoms with Gasteiger partial charge in [-0.2, -0.15) is 0 Å². The minimum Gasteiger partial charge on any atom is -0.374 e. The van der Waals surface area contributed by atoms with Gasteiger partial charge in [0.1, 0.15) is 0 Å². The number of halogens is 1. The van der Waals surface area contributed by atoms with Gasteiger partial charge in [-0.05, 0) is 59.8 Å². The lowest BCUT2D eigenvalue weighted by molar-refractivity contribution is 0.101. The maximum absolute atomic E-state index is 11.4. The Morgan fingerprint density at radius 3 is 2.61 bits per heavy atom. The van der Waals surface area contributed by atoms with Crippen LogP contribution < -0.4 is 4.90 Å². The van der Waals surface area contributed by atoms with E-state index in [1.165, 1.54) is 31.4 Å². The summed E-state index contributed by atoms with van der Waals surface area (Å²) in [7, 11) is 2.13. The molecule has 3 heteroatoms. The van der Waals surface area contributed by atoms with Crippen LogP contribution in [-0.4, -0.2) is 19.4 Å². The highest BCUT2D eigenvalue weighted by molar-refractivity contribution is 9.10. The quantitative estimate of drug-likeness (QED) is 0.774. The highest BCUT2D eigenvalue weighted by Gasteiger charge is 2.17. The molecule has 0 bridgehead atoms. The summed E-state index contributed by atoms with van der Waals surface area (Å²) < 4.78 is 0.894. The molecule has 98 valence electrons. The number of ketones is 1. The summed E-state index contributed by atoms with van der Waals surface area (Å²) in [5, 5.41) is 0. The third kappa shape index (κ3) is 3.14. The summed E-state index contributed by atoms with van der Waals surface area (Å²) in [5.74, 6) is 0.938. The SMILES string of the molecule is CC(=O)c1ccc(N(C)CC2CCCC2)cc1Br. The highest BCUT2D eigenvalue weighted by atomic mass is 79.9. The van der Waals surface area contributed by atoms with Crippen LogP contribution in [0.5, 0.6) is 0 Å². The van der Waals surface area contributed by atoms with Crippen LogP contribution in [0.3, 0.4) is 0 Å². The van der Waals surface area contributed by atoms with Crippen molar-refractivity contribution in [3.05, 3.63) is 28.2 Å². The first kappa shape index (κ1) is 13.6. The van der Waals surface area contributed by atoms with Gasteiger partial charge in [-0.1, -0.05) is 12.8 Å². The molecule has 1 aromatic carbocycles. The van der Waals surface area contributed by atoms with Gasteiger partial charge in [0.05, 0.1) is 0 Å². The van der Waals surface area contributed by atoms with E-state index in [1.807, 2.05) is 18.2 Å². The Kier molecular flexibility index (Phi) is 4.44. The molecule has 1 saturated carbocycles. The van der Waals surface area contributed by atoms with Crippen LogP contribution in [0.25, 0.3) is 0 Å². The monoisotopic (exact) mass is 309 g/mol. The molecule has 0 N–H and O–H groups in total. The van der Waals surface area contributed by atoms with E-state index in [4.69, 9.17) is 0 Å². The van der Waals surface area contributed by atoms with Crippen LogP contribution in [-0.2, 0) is 0 Å². The van der Waals surface area contributed by atoms with Crippen molar-refractivity contribution >= 4 is 27.4 Å². The van der Waals surface area contributed by atoms with Crippen molar-refractivity contribution in [2.24, 2.45) is 5.92 Å². The van der Waals surface area contributed by atoms with E-state index in [1.54, 1.807) is 6.92 Å². The standard InChI is InChI=1S/C15H20BrNO/c1-11(18)14-8-7-13(9-15(14)16)17(2)10-12-5-3-4-6-12/h7-9,12H,3-6,10H2,1-2H3. The lowest BCUT2D eigenvalue weighted by Gasteiger charge is -2.23. The number of hydrogen-bond donors (Lipinski definition) is 0. The number of benzene rings is 1. The molecule has 0 heterocycles. The van der Waals surface area contributed by atoms with Gasteiger partial charge in [-0.15, -0.1) is 0 Å². The average Bonchev–Trinajstić information content (AvgIpc) is 2.81. The first-order valence-electron chi connectivity index (χ1n) is 6.59. The van der Waals surface area contributed by atoms with Crippen LogP contribution in [0.15, 0.2) is 22.7 Å². The molecule has 2 nitrogen and oxygen atoms in total. The highest BCUT2D eigenvalue weighted by Crippen LogP contribution is 2.28. The van der Waals surface area contributed by atoms with Gasteiger partial charge in [0, 0.05) is 29.3 Å². The summed E-state index contributed by atoms with van der Waals surface area (Å²) in [5.41, 5.74) is 1.94. The summed E-state index contributed by atoms with van der Waals surface area (Å²) in [6.07, 6.45) is 5.48. The first-order valence-corrected chi connectivity index (χ1v) is 7.39. The van der Waals surface area contributed by atoms with Crippen LogP contribution in [0.2, 0.25) is 0 Å². The fourth-order valence-corrected chi connectivity index (χ4v) is 3.36. The van der Waals surface area contributed by atoms with Gasteiger partial charge < -0.3 is 4.90 Å². The maximum Gasteiger partial charge on any atom is 0.160 e. The Hall–Kier alpha value is -0.830. The van der Waals surface area contributed by atoms with Crippen molar-refractivity contribution in [1.82, 2.24) is 0 Å². The molecule has 0 atom stereocenters. The third-order valence-electron chi connectivity index (χ3n) is 3.78. The van der Waals surface area contributed by atoms with E-state index in [2.05, 4.69) is 27.9 Å². The van der Waals surface area contributed by atoms with Crippen LogP contribution in [0.4, 0.5) is 5.69 Å². The van der Waals surface area contributed by atoms with Gasteiger partial charge >= 0.3 is 0 Å². The molecule has 18 heavy (non-hydrogen) atoms. The van der Waals surface area contributed by atoms with Crippen molar-refractivity contribution < 1.29 is 4.79 Å². The lowest BCUT2D eigenvalue weighted by atomic mass is 10.1. The van der Waals surface area contributed by atoms with Crippen molar-refractivity contribution in [1.29, 1.82) is 0 Å². The number of carbonyl (C=O) groups is 1. The van der Waals surface area contributed by atoms with Gasteiger partial charge in [0.25, 0.3) is 0 Å². The predicted octanol–water partition coefficient (Wildman–Crippen LogP) is 4.28. The van der Waals surface area contributed by atoms with Crippen molar-refractivity contribution in [2.45, 2.75) is 32.6 Å². The fraction of sp³-hybridized carbons (Fsp3) is 0.533. The number of anilines is 1. The van der Waals surface area contributed by atoms with Crippen molar-refractivity contribution in [3.8, 4) is 0 Å². The molecule has 2 rings (SSSR count). The predicted molar refractivity (Wildman–Crippen MR) is 79.4 cm³/mol. The molecule has 1 fully saturated rings. The first-order chi connectivity index (χ1) is 8.58. The molecule has 0 radical (unpaired) electrons. The molecular formula is C15H20BrNO. The molecule has 0 saturated heterocycles. The molecule has 0 spiro atoms. The topological polar surface area (TPSA) is 20.3 Å². The number of rotatable bonds is 4. The van der Waals surface area contributed by atoms with Crippen LogP contribution in [0, 0.1) is 5.92 Å². The molecule has 0 aliphatic heterocycles. The molecule has 1 aromatic rings. The molecule has 0 amide bonds. The molecule has 1 aliphatic rings. The van der Waals surface area contributed by atoms with Crippen LogP contribution in [0.1, 0.15) is 43.0 Å². The van der Waals surface area contributed by atoms with Gasteiger partial charge in [-0.3, -0.25) is 4.79 Å². The summed E-state index contributed by atoms with van der Waals surface area (Å²) in [6, 6.07) is 6.00. The number of hydrogen-bond acceptors (Lipinski definition) is 2. The number of nitrogens with zero attached hydrogens (tertiary/aromatic N) is 1. The molecule has 0 aromatic heterocycles. The van der Waals surface area contributed by atoms with E-state index < -0.39 is 0 Å². The van der Waals surface area contributed by atoms with Gasteiger partial charge in [-0.25, -0.2) is 0 Å². The second-order valence-corrected chi connectivity index (χ2v) is 6.11. The third-order valence-corrected chi connectivity index (χ3v) is 4.44. The zero-order chi connectivity index (χ0) is 13.1. The second-order valence-electron chi connectivity index (χ2n) is 5.25. The zero-order valence-corrected chi connectivity index (χ0v) is 12.7. The molecule has 1 aliphatic carbocycles. The Bertz CT molecular complexity index is 438. The van der Waals surface area contributed by atoms with E-state index in [-0.39, 0.29) is 5.78 Å². The van der Waals surface area contributed by atoms with Crippen molar-refractivity contribution in [2.75, 3.05) is 18.5 Å². The van der Waals surface area contributed by atoms with Gasteiger partial charge in [0.15, 0.2) is 5.78 Å². The minimum absolute atomic E-state index is 0.104. The van der Waals surface area contributed by atoms with E-state index >= 15 is 0 Å². The normalized spacial score (nSPS) is 15.9. The molecule has 0 unspecified atom stereocenters. The molecular weight excluding hydrogens is 290 g/mol. The van der Waals surface area contributed by atoms with E-state index in [0.717, 1.165) is 22.5 Å². The second kappa shape index (κ2) is 5.87. The maximum atomic E-state index is 11.4. The van der Waals surface area contributed by atoms with E-state index in [9.17, 15) is 4.79 Å². The number of Topliss-reactive ketones (excluding diaryl/α,β-unsaturated/α-hetero) is 1. The fourth-order valence-electron chi connectivity index (χ4n) is 2.71. The average molecular weight is 310 g/mol. The van der Waals surface area contributed by atoms with E-state index in [0.29, 0.717) is 0 Å².